The molecule has 0 amide bonds. The Kier molecular flexibility index (Phi) is 5.19. The van der Waals surface area contributed by atoms with E-state index < -0.39 is 0 Å². The van der Waals surface area contributed by atoms with Gasteiger partial charge in [0.15, 0.2) is 0 Å². The van der Waals surface area contributed by atoms with Crippen molar-refractivity contribution in [3.63, 3.8) is 0 Å². The van der Waals surface area contributed by atoms with Crippen LogP contribution < -0.4 is 4.74 Å². The lowest BCUT2D eigenvalue weighted by atomic mass is 9.80. The number of hydrogen-bond acceptors (Lipinski definition) is 4. The van der Waals surface area contributed by atoms with Gasteiger partial charge in [0.05, 0.1) is 38.1 Å². The summed E-state index contributed by atoms with van der Waals surface area (Å²) in [6.45, 7) is 8.74. The second kappa shape index (κ2) is 7.03. The highest BCUT2D eigenvalue weighted by Crippen LogP contribution is 2.49. The van der Waals surface area contributed by atoms with E-state index in [1.165, 1.54) is 0 Å². The Morgan fingerprint density at radius 3 is 1.92 bits per heavy atom. The molecule has 3 rings (SSSR count). The van der Waals surface area contributed by atoms with Gasteiger partial charge in [-0.1, -0.05) is 27.7 Å². The van der Waals surface area contributed by atoms with Gasteiger partial charge < -0.3 is 19.3 Å². The van der Waals surface area contributed by atoms with Gasteiger partial charge in [0, 0.05) is 17.4 Å². The molecule has 0 spiro atoms. The number of benzene rings is 1. The van der Waals surface area contributed by atoms with E-state index in [9.17, 15) is 5.11 Å². The zero-order valence-electron chi connectivity index (χ0n) is 15.4. The van der Waals surface area contributed by atoms with Gasteiger partial charge in [-0.25, -0.2) is 0 Å². The van der Waals surface area contributed by atoms with Crippen LogP contribution in [0.5, 0.6) is 5.75 Å². The highest BCUT2D eigenvalue weighted by molar-refractivity contribution is 5.46. The van der Waals surface area contributed by atoms with Crippen molar-refractivity contribution in [3.8, 4) is 5.75 Å². The van der Waals surface area contributed by atoms with Gasteiger partial charge >= 0.3 is 0 Å². The van der Waals surface area contributed by atoms with Crippen molar-refractivity contribution >= 4 is 0 Å². The summed E-state index contributed by atoms with van der Waals surface area (Å²) in [7, 11) is 1.70. The van der Waals surface area contributed by atoms with Gasteiger partial charge in [-0.3, -0.25) is 0 Å². The second-order valence-corrected chi connectivity index (χ2v) is 7.18. The van der Waals surface area contributed by atoms with Gasteiger partial charge in [0.2, 0.25) is 0 Å². The number of methoxy groups -OCH3 is 1. The molecule has 2 aliphatic rings. The summed E-state index contributed by atoms with van der Waals surface area (Å²) in [4.78, 5) is 0. The molecular weight excluding hydrogens is 304 g/mol. The number of hydrogen-bond donors (Lipinski definition) is 1. The molecule has 6 atom stereocenters. The van der Waals surface area contributed by atoms with Crippen LogP contribution >= 0.6 is 0 Å². The molecule has 0 saturated carbocycles. The van der Waals surface area contributed by atoms with Crippen molar-refractivity contribution in [1.82, 2.24) is 0 Å². The van der Waals surface area contributed by atoms with E-state index in [1.807, 2.05) is 6.07 Å². The van der Waals surface area contributed by atoms with Crippen LogP contribution in [0, 0.1) is 11.8 Å². The van der Waals surface area contributed by atoms with Crippen molar-refractivity contribution in [2.75, 3.05) is 7.11 Å². The first kappa shape index (κ1) is 17.7. The van der Waals surface area contributed by atoms with Crippen LogP contribution in [0.15, 0.2) is 12.1 Å². The number of ether oxygens (including phenoxy) is 3. The molecule has 0 aliphatic carbocycles. The van der Waals surface area contributed by atoms with E-state index >= 15 is 0 Å². The Labute approximate surface area is 145 Å². The monoisotopic (exact) mass is 334 g/mol. The number of rotatable bonds is 6. The maximum Gasteiger partial charge on any atom is 0.125 e. The van der Waals surface area contributed by atoms with Crippen LogP contribution in [0.2, 0.25) is 0 Å². The fourth-order valence-corrected chi connectivity index (χ4v) is 4.19. The van der Waals surface area contributed by atoms with Crippen LogP contribution in [-0.4, -0.2) is 24.4 Å². The largest absolute Gasteiger partial charge is 0.496 e. The quantitative estimate of drug-likeness (QED) is 0.848. The molecule has 1 aromatic rings. The molecule has 2 aliphatic heterocycles. The van der Waals surface area contributed by atoms with E-state index in [4.69, 9.17) is 14.2 Å². The molecule has 0 aromatic heterocycles. The van der Waals surface area contributed by atoms with Crippen LogP contribution in [0.4, 0.5) is 0 Å². The smallest absolute Gasteiger partial charge is 0.125 e. The third-order valence-electron chi connectivity index (χ3n) is 5.85. The standard InChI is InChI=1S/C20H30O4/c1-6-16-11(3)19(23-16)14-9-18(22-5)15(8-13(14)10-21)20-12(4)17(7-2)24-20/h8-9,11-12,16-17,19-21H,6-7,10H2,1-5H3. The predicted octanol–water partition coefficient (Wildman–Crippen LogP) is 4.16. The predicted molar refractivity (Wildman–Crippen MR) is 93.1 cm³/mol. The first-order valence-electron chi connectivity index (χ1n) is 9.18. The lowest BCUT2D eigenvalue weighted by molar-refractivity contribution is -0.183. The molecule has 0 radical (unpaired) electrons. The maximum absolute atomic E-state index is 9.88. The van der Waals surface area contributed by atoms with E-state index in [-0.39, 0.29) is 18.8 Å². The van der Waals surface area contributed by atoms with E-state index in [1.54, 1.807) is 7.11 Å². The maximum atomic E-state index is 9.88. The molecule has 2 saturated heterocycles. The molecule has 2 heterocycles. The molecule has 4 heteroatoms. The minimum absolute atomic E-state index is 0.00794. The molecule has 0 bridgehead atoms. The Morgan fingerprint density at radius 2 is 1.50 bits per heavy atom. The fourth-order valence-electron chi connectivity index (χ4n) is 4.19. The molecule has 1 aromatic carbocycles. The van der Waals surface area contributed by atoms with Crippen molar-refractivity contribution in [2.45, 2.75) is 71.6 Å². The van der Waals surface area contributed by atoms with E-state index in [0.717, 1.165) is 35.3 Å². The first-order chi connectivity index (χ1) is 11.5. The molecular formula is C20H30O4. The zero-order valence-corrected chi connectivity index (χ0v) is 15.4. The van der Waals surface area contributed by atoms with Gasteiger partial charge in [-0.2, -0.15) is 0 Å². The van der Waals surface area contributed by atoms with Crippen molar-refractivity contribution in [1.29, 1.82) is 0 Å². The summed E-state index contributed by atoms with van der Waals surface area (Å²) in [5.41, 5.74) is 3.02. The first-order valence-corrected chi connectivity index (χ1v) is 9.18. The summed E-state index contributed by atoms with van der Waals surface area (Å²) in [6.07, 6.45) is 2.77. The lowest BCUT2D eigenvalue weighted by Gasteiger charge is -2.45. The zero-order chi connectivity index (χ0) is 17.4. The lowest BCUT2D eigenvalue weighted by Crippen LogP contribution is -2.41. The second-order valence-electron chi connectivity index (χ2n) is 7.18. The van der Waals surface area contributed by atoms with E-state index in [2.05, 4.69) is 33.8 Å². The Hall–Kier alpha value is -1.10. The number of aliphatic hydroxyl groups excluding tert-OH is 1. The molecule has 134 valence electrons. The van der Waals surface area contributed by atoms with Crippen LogP contribution in [0.1, 0.15) is 69.4 Å². The van der Waals surface area contributed by atoms with Crippen LogP contribution in [0.3, 0.4) is 0 Å². The third-order valence-corrected chi connectivity index (χ3v) is 5.85. The highest BCUT2D eigenvalue weighted by Gasteiger charge is 2.43. The number of aliphatic hydroxyl groups is 1. The van der Waals surface area contributed by atoms with Crippen LogP contribution in [0.25, 0.3) is 0 Å². The average Bonchev–Trinajstić information content (AvgIpc) is 2.60. The van der Waals surface area contributed by atoms with Crippen LogP contribution in [-0.2, 0) is 16.1 Å². The minimum Gasteiger partial charge on any atom is -0.496 e. The molecule has 6 unspecified atom stereocenters. The summed E-state index contributed by atoms with van der Waals surface area (Å²) < 4.78 is 17.7. The summed E-state index contributed by atoms with van der Waals surface area (Å²) >= 11 is 0. The minimum atomic E-state index is 0.00794. The van der Waals surface area contributed by atoms with Crippen molar-refractivity contribution in [2.24, 2.45) is 11.8 Å². The molecule has 24 heavy (non-hydrogen) atoms. The summed E-state index contributed by atoms with van der Waals surface area (Å²) in [6, 6.07) is 4.10. The normalized spacial score (nSPS) is 35.2. The molecule has 1 N–H and O–H groups in total. The van der Waals surface area contributed by atoms with Crippen molar-refractivity contribution < 1.29 is 19.3 Å². The summed E-state index contributed by atoms with van der Waals surface area (Å²) in [5, 5.41) is 9.88. The third kappa shape index (κ3) is 2.75. The Balaban J connectivity index is 1.90. The average molecular weight is 334 g/mol. The van der Waals surface area contributed by atoms with Gasteiger partial charge in [0.1, 0.15) is 5.75 Å². The molecule has 2 fully saturated rings. The van der Waals surface area contributed by atoms with Gasteiger partial charge in [-0.05, 0) is 36.1 Å². The Bertz CT molecular complexity index is 533. The molecule has 4 nitrogen and oxygen atoms in total. The van der Waals surface area contributed by atoms with Gasteiger partial charge in [-0.15, -0.1) is 0 Å². The highest BCUT2D eigenvalue weighted by atomic mass is 16.5. The van der Waals surface area contributed by atoms with Gasteiger partial charge in [0.25, 0.3) is 0 Å². The van der Waals surface area contributed by atoms with Crippen molar-refractivity contribution in [3.05, 3.63) is 28.8 Å². The Morgan fingerprint density at radius 1 is 0.958 bits per heavy atom. The summed E-state index contributed by atoms with van der Waals surface area (Å²) in [5.74, 6) is 1.76. The van der Waals surface area contributed by atoms with E-state index in [0.29, 0.717) is 24.0 Å². The fraction of sp³-hybridized carbons (Fsp3) is 0.700. The SMILES string of the molecule is CCC1OC(c2cc(OC)c(C3OC(CC)C3C)cc2CO)C1C. The topological polar surface area (TPSA) is 47.9 Å².